The Hall–Kier alpha value is -1.48. The van der Waals surface area contributed by atoms with Crippen LogP contribution in [0.25, 0.3) is 0 Å². The number of hydrogen-bond acceptors (Lipinski definition) is 4. The Balaban J connectivity index is 2.95. The van der Waals surface area contributed by atoms with E-state index in [1.807, 2.05) is 0 Å². The normalized spacial score (nSPS) is 11.1. The highest BCUT2D eigenvalue weighted by molar-refractivity contribution is 6.33. The van der Waals surface area contributed by atoms with E-state index in [-0.39, 0.29) is 0 Å². The first-order valence-electron chi connectivity index (χ1n) is 3.86. The molecule has 0 radical (unpaired) electrons. The summed E-state index contributed by atoms with van der Waals surface area (Å²) in [5.41, 5.74) is 0. The van der Waals surface area contributed by atoms with E-state index in [2.05, 4.69) is 9.39 Å². The topological polar surface area (TPSA) is 58.9 Å². The summed E-state index contributed by atoms with van der Waals surface area (Å²) in [6.45, 7) is 0. The summed E-state index contributed by atoms with van der Waals surface area (Å²) in [4.78, 5) is 0. The van der Waals surface area contributed by atoms with Gasteiger partial charge in [0.05, 0.1) is 0 Å². The average molecular weight is 240 g/mol. The van der Waals surface area contributed by atoms with Gasteiger partial charge in [0.1, 0.15) is 5.75 Å². The lowest BCUT2D eigenvalue weighted by molar-refractivity contribution is -0.275. The van der Waals surface area contributed by atoms with Gasteiger partial charge in [-0.25, -0.2) is 0 Å². The zero-order valence-electron chi connectivity index (χ0n) is 7.53. The Kier molecular flexibility index (Phi) is 3.60. The largest absolute Gasteiger partial charge is 0.707 e. The van der Waals surface area contributed by atoms with Gasteiger partial charge in [0.25, 0.3) is 0 Å². The van der Waals surface area contributed by atoms with Crippen molar-refractivity contribution in [1.82, 2.24) is 0 Å². The van der Waals surface area contributed by atoms with Gasteiger partial charge in [-0.05, 0) is 12.1 Å². The summed E-state index contributed by atoms with van der Waals surface area (Å²) >= 11 is 0. The van der Waals surface area contributed by atoms with Gasteiger partial charge in [0.15, 0.2) is 5.75 Å². The van der Waals surface area contributed by atoms with Crippen molar-refractivity contribution in [3.05, 3.63) is 24.0 Å². The van der Waals surface area contributed by atoms with Crippen molar-refractivity contribution in [1.29, 1.82) is 0 Å². The molecule has 0 aromatic heterocycles. The number of hydrogen-bond donors (Lipinski definition) is 2. The van der Waals surface area contributed by atoms with Gasteiger partial charge in [0, 0.05) is 0 Å². The molecule has 2 N–H and O–H groups in total. The summed E-state index contributed by atoms with van der Waals surface area (Å²) < 4.78 is 56.0. The molecule has 0 amide bonds. The van der Waals surface area contributed by atoms with Crippen LogP contribution in [0.5, 0.6) is 11.5 Å². The Labute approximate surface area is 87.2 Å². The molecule has 1 aromatic rings. The number of alkyl halides is 3. The first kappa shape index (κ1) is 12.6. The number of rotatable bonds is 3. The second-order valence-corrected chi connectivity index (χ2v) is 2.56. The van der Waals surface area contributed by atoms with Crippen molar-refractivity contribution in [2.24, 2.45) is 0 Å². The fraction of sp³-hybridized carbons (Fsp3) is 0.143. The van der Waals surface area contributed by atoms with E-state index >= 15 is 0 Å². The van der Waals surface area contributed by atoms with E-state index in [1.165, 1.54) is 0 Å². The molecule has 0 fully saturated rings. The van der Waals surface area contributed by atoms with Crippen LogP contribution in [0.1, 0.15) is 0 Å². The van der Waals surface area contributed by atoms with Crippen LogP contribution >= 0.6 is 0 Å². The van der Waals surface area contributed by atoms with Crippen molar-refractivity contribution < 1.29 is 37.0 Å². The van der Waals surface area contributed by atoms with E-state index in [0.29, 0.717) is 0 Å². The lowest BCUT2D eigenvalue weighted by atomic mass is 10.2. The predicted octanol–water partition coefficient (Wildman–Crippen LogP) is 1.07. The van der Waals surface area contributed by atoms with Gasteiger partial charge in [0.2, 0.25) is 5.82 Å². The van der Waals surface area contributed by atoms with Crippen LogP contribution in [-0.4, -0.2) is 23.7 Å². The average Bonchev–Trinajstić information content (AvgIpc) is 2.09. The van der Waals surface area contributed by atoms with Crippen molar-refractivity contribution in [3.8, 4) is 11.5 Å². The Morgan fingerprint density at radius 2 is 1.69 bits per heavy atom. The summed E-state index contributed by atoms with van der Waals surface area (Å²) in [5.74, 6) is -3.37. The standard InChI is InChI=1S/C7H5BF4O4/c9-6-4(15-7(10,11)12)2-1-3-5(6)16-8(13)14/h1-3,13-14H. The Morgan fingerprint density at radius 1 is 1.12 bits per heavy atom. The maximum atomic E-state index is 13.2. The number of ether oxygens (including phenoxy) is 1. The lowest BCUT2D eigenvalue weighted by Gasteiger charge is -2.12. The Bertz CT molecular complexity index is 368. The lowest BCUT2D eigenvalue weighted by Crippen LogP contribution is -2.22. The van der Waals surface area contributed by atoms with Crippen LogP contribution in [0, 0.1) is 5.82 Å². The molecule has 0 atom stereocenters. The Morgan fingerprint density at radius 3 is 2.19 bits per heavy atom. The predicted molar refractivity (Wildman–Crippen MR) is 43.9 cm³/mol. The third kappa shape index (κ3) is 3.59. The molecule has 88 valence electrons. The molecule has 4 nitrogen and oxygen atoms in total. The molecule has 0 unspecified atom stereocenters. The summed E-state index contributed by atoms with van der Waals surface area (Å²) in [6.07, 6.45) is -5.04. The van der Waals surface area contributed by atoms with Crippen LogP contribution in [-0.2, 0) is 0 Å². The minimum absolute atomic E-state index is 0.722. The van der Waals surface area contributed by atoms with E-state index in [9.17, 15) is 17.6 Å². The molecular formula is C7H5BF4O4. The molecule has 0 bridgehead atoms. The van der Waals surface area contributed by atoms with Gasteiger partial charge in [-0.15, -0.1) is 13.2 Å². The second-order valence-electron chi connectivity index (χ2n) is 2.56. The third-order valence-electron chi connectivity index (χ3n) is 1.39. The zero-order chi connectivity index (χ0) is 12.3. The van der Waals surface area contributed by atoms with Crippen molar-refractivity contribution in [3.63, 3.8) is 0 Å². The van der Waals surface area contributed by atoms with Gasteiger partial charge in [-0.3, -0.25) is 0 Å². The van der Waals surface area contributed by atoms with Crippen molar-refractivity contribution in [2.75, 3.05) is 0 Å². The highest BCUT2D eigenvalue weighted by Crippen LogP contribution is 2.30. The molecule has 0 aliphatic rings. The highest BCUT2D eigenvalue weighted by Gasteiger charge is 2.33. The first-order valence-corrected chi connectivity index (χ1v) is 3.86. The van der Waals surface area contributed by atoms with Crippen LogP contribution in [0.2, 0.25) is 0 Å². The van der Waals surface area contributed by atoms with Crippen LogP contribution < -0.4 is 9.39 Å². The molecule has 1 aromatic carbocycles. The molecule has 0 aliphatic carbocycles. The van der Waals surface area contributed by atoms with Gasteiger partial charge >= 0.3 is 13.7 Å². The van der Waals surface area contributed by atoms with Crippen LogP contribution in [0.3, 0.4) is 0 Å². The maximum absolute atomic E-state index is 13.2. The molecular weight excluding hydrogens is 235 g/mol. The fourth-order valence-electron chi connectivity index (χ4n) is 0.899. The maximum Gasteiger partial charge on any atom is 0.707 e. The van der Waals surface area contributed by atoms with E-state index in [1.54, 1.807) is 0 Å². The highest BCUT2D eigenvalue weighted by atomic mass is 19.4. The minimum atomic E-state index is -5.04. The molecule has 0 spiro atoms. The smallest absolute Gasteiger partial charge is 0.509 e. The fourth-order valence-corrected chi connectivity index (χ4v) is 0.899. The third-order valence-corrected chi connectivity index (χ3v) is 1.39. The minimum Gasteiger partial charge on any atom is -0.509 e. The summed E-state index contributed by atoms with van der Waals surface area (Å²) in [7, 11) is -2.34. The van der Waals surface area contributed by atoms with E-state index < -0.39 is 31.0 Å². The second kappa shape index (κ2) is 4.58. The van der Waals surface area contributed by atoms with E-state index in [4.69, 9.17) is 10.0 Å². The molecule has 16 heavy (non-hydrogen) atoms. The zero-order valence-corrected chi connectivity index (χ0v) is 7.53. The van der Waals surface area contributed by atoms with Crippen molar-refractivity contribution >= 4 is 7.32 Å². The van der Waals surface area contributed by atoms with Gasteiger partial charge in [-0.1, -0.05) is 6.07 Å². The molecule has 0 heterocycles. The van der Waals surface area contributed by atoms with Crippen LogP contribution in [0.4, 0.5) is 17.6 Å². The van der Waals surface area contributed by atoms with Gasteiger partial charge < -0.3 is 19.4 Å². The molecule has 0 saturated heterocycles. The van der Waals surface area contributed by atoms with Gasteiger partial charge in [-0.2, -0.15) is 4.39 Å². The number of benzene rings is 1. The summed E-state index contributed by atoms with van der Waals surface area (Å²) in [5, 5.41) is 16.7. The monoisotopic (exact) mass is 240 g/mol. The van der Waals surface area contributed by atoms with E-state index in [0.717, 1.165) is 18.2 Å². The molecule has 0 aliphatic heterocycles. The van der Waals surface area contributed by atoms with Crippen LogP contribution in [0.15, 0.2) is 18.2 Å². The number of halogens is 4. The first-order chi connectivity index (χ1) is 7.29. The SMILES string of the molecule is OB(O)Oc1cccc(OC(F)(F)F)c1F. The summed E-state index contributed by atoms with van der Waals surface area (Å²) in [6, 6.07) is 2.64. The van der Waals surface area contributed by atoms with Crippen molar-refractivity contribution in [2.45, 2.75) is 6.36 Å². The molecule has 0 saturated carbocycles. The molecule has 1 rings (SSSR count). The quantitative estimate of drug-likeness (QED) is 0.612. The molecule has 9 heteroatoms.